The molecule has 2 fully saturated rings. The first-order valence-corrected chi connectivity index (χ1v) is 17.2. The summed E-state index contributed by atoms with van der Waals surface area (Å²) in [7, 11) is 1.27. The number of nitrogens with zero attached hydrogens (tertiary/aromatic N) is 3. The molecular weight excluding hydrogens is 640 g/mol. The molecule has 8 rings (SSSR count). The van der Waals surface area contributed by atoms with Gasteiger partial charge in [-0.15, -0.1) is 0 Å². The lowest BCUT2D eigenvalue weighted by Crippen LogP contribution is -2.51. The van der Waals surface area contributed by atoms with Crippen molar-refractivity contribution >= 4 is 23.0 Å². The van der Waals surface area contributed by atoms with E-state index in [0.29, 0.717) is 40.1 Å². The Labute approximate surface area is 288 Å². The van der Waals surface area contributed by atoms with E-state index >= 15 is 8.78 Å². The number of carbonyl (C=O) groups excluding carboxylic acids is 2. The van der Waals surface area contributed by atoms with Crippen molar-refractivity contribution in [2.75, 3.05) is 20.2 Å². The molecule has 0 radical (unpaired) electrons. The molecule has 4 heterocycles. The molecule has 12 heteroatoms. The minimum absolute atomic E-state index is 0.0110. The zero-order chi connectivity index (χ0) is 34.7. The summed E-state index contributed by atoms with van der Waals surface area (Å²) in [6.45, 7) is 5.25. The Morgan fingerprint density at radius 1 is 0.940 bits per heavy atom. The van der Waals surface area contributed by atoms with Crippen LogP contribution in [0, 0.1) is 5.92 Å². The molecule has 2 amide bonds. The first-order chi connectivity index (χ1) is 24.1. The fraction of sp³-hybridized carbons (Fsp3) is 0.368. The predicted octanol–water partition coefficient (Wildman–Crippen LogP) is 7.21. The van der Waals surface area contributed by atoms with Gasteiger partial charge in [0.2, 0.25) is 5.91 Å². The van der Waals surface area contributed by atoms with E-state index in [9.17, 15) is 9.59 Å². The number of halogens is 2. The zero-order valence-corrected chi connectivity index (χ0v) is 28.1. The number of amides is 2. The van der Waals surface area contributed by atoms with Crippen LogP contribution in [0.1, 0.15) is 74.4 Å². The van der Waals surface area contributed by atoms with Crippen LogP contribution in [0.25, 0.3) is 44.5 Å². The average Bonchev–Trinajstić information content (AvgIpc) is 3.96. The Kier molecular flexibility index (Phi) is 7.93. The molecule has 258 valence electrons. The number of methoxy groups -OCH3 is 1. The van der Waals surface area contributed by atoms with Gasteiger partial charge < -0.3 is 30.2 Å². The highest BCUT2D eigenvalue weighted by atomic mass is 19.3. The van der Waals surface area contributed by atoms with Gasteiger partial charge in [-0.1, -0.05) is 44.2 Å². The molecule has 10 nitrogen and oxygen atoms in total. The van der Waals surface area contributed by atoms with Crippen molar-refractivity contribution in [1.82, 2.24) is 35.5 Å². The van der Waals surface area contributed by atoms with Crippen molar-refractivity contribution in [2.24, 2.45) is 5.92 Å². The van der Waals surface area contributed by atoms with Crippen LogP contribution in [0.15, 0.2) is 60.8 Å². The summed E-state index contributed by atoms with van der Waals surface area (Å²) in [4.78, 5) is 43.4. The normalized spacial score (nSPS) is 19.9. The summed E-state index contributed by atoms with van der Waals surface area (Å²) >= 11 is 0. The molecule has 50 heavy (non-hydrogen) atoms. The number of alkyl carbamates (subject to hydrolysis) is 1. The monoisotopic (exact) mass is 679 g/mol. The molecule has 3 aliphatic rings. The van der Waals surface area contributed by atoms with Gasteiger partial charge in [-0.3, -0.25) is 4.79 Å². The number of imidazole rings is 2. The smallest absolute Gasteiger partial charge is 0.407 e. The second kappa shape index (κ2) is 12.3. The number of benzene rings is 3. The number of carbonyl (C=O) groups is 2. The highest BCUT2D eigenvalue weighted by Gasteiger charge is 2.45. The molecule has 0 bridgehead atoms. The lowest BCUT2D eigenvalue weighted by atomic mass is 9.98. The number of alkyl halides is 2. The summed E-state index contributed by atoms with van der Waals surface area (Å²) < 4.78 is 37.1. The lowest BCUT2D eigenvalue weighted by Gasteiger charge is -2.29. The maximum Gasteiger partial charge on any atom is 0.407 e. The third-order valence-electron chi connectivity index (χ3n) is 10.4. The maximum atomic E-state index is 16.2. The number of nitrogens with one attached hydrogen (secondary N) is 4. The lowest BCUT2D eigenvalue weighted by molar-refractivity contribution is -0.135. The van der Waals surface area contributed by atoms with Crippen LogP contribution in [0.4, 0.5) is 13.6 Å². The van der Waals surface area contributed by atoms with E-state index in [1.807, 2.05) is 44.2 Å². The summed E-state index contributed by atoms with van der Waals surface area (Å²) in [6.07, 6.45) is 4.68. The van der Waals surface area contributed by atoms with Gasteiger partial charge in [0.25, 0.3) is 5.92 Å². The molecule has 0 spiro atoms. The van der Waals surface area contributed by atoms with Crippen molar-refractivity contribution < 1.29 is 23.1 Å². The van der Waals surface area contributed by atoms with E-state index in [2.05, 4.69) is 25.6 Å². The molecule has 2 saturated heterocycles. The Balaban J connectivity index is 1.05. The second-order valence-corrected chi connectivity index (χ2v) is 13.8. The molecule has 4 N–H and O–H groups in total. The van der Waals surface area contributed by atoms with Crippen molar-refractivity contribution in [3.63, 3.8) is 0 Å². The first kappa shape index (κ1) is 32.1. The van der Waals surface area contributed by atoms with Gasteiger partial charge in [0.15, 0.2) is 0 Å². The molecule has 5 aromatic rings. The molecule has 3 atom stereocenters. The number of aromatic nitrogens is 4. The van der Waals surface area contributed by atoms with Gasteiger partial charge in [0, 0.05) is 23.2 Å². The average molecular weight is 680 g/mol. The maximum absolute atomic E-state index is 16.2. The molecule has 2 aromatic heterocycles. The van der Waals surface area contributed by atoms with Gasteiger partial charge in [-0.2, -0.15) is 8.78 Å². The van der Waals surface area contributed by atoms with Gasteiger partial charge in [-0.25, -0.2) is 14.8 Å². The van der Waals surface area contributed by atoms with E-state index < -0.39 is 18.1 Å². The van der Waals surface area contributed by atoms with Crippen LogP contribution >= 0.6 is 0 Å². The zero-order valence-electron chi connectivity index (χ0n) is 28.1. The van der Waals surface area contributed by atoms with Gasteiger partial charge >= 0.3 is 6.09 Å². The molecule has 3 aromatic carbocycles. The van der Waals surface area contributed by atoms with Crippen LogP contribution in [0.5, 0.6) is 0 Å². The fourth-order valence-corrected chi connectivity index (χ4v) is 7.71. The minimum atomic E-state index is -3.17. The van der Waals surface area contributed by atoms with Gasteiger partial charge in [0.05, 0.1) is 42.1 Å². The van der Waals surface area contributed by atoms with Crippen molar-refractivity contribution in [3.05, 3.63) is 83.6 Å². The number of H-pyrrole nitrogens is 2. The number of ether oxygens (including phenoxy) is 1. The first-order valence-electron chi connectivity index (χ1n) is 17.2. The van der Waals surface area contributed by atoms with Crippen molar-refractivity contribution in [3.8, 4) is 33.5 Å². The summed E-state index contributed by atoms with van der Waals surface area (Å²) in [5, 5.41) is 6.09. The highest BCUT2D eigenvalue weighted by molar-refractivity contribution is 5.88. The topological polar surface area (TPSA) is 128 Å². The second-order valence-electron chi connectivity index (χ2n) is 13.8. The van der Waals surface area contributed by atoms with E-state index in [-0.39, 0.29) is 35.0 Å². The number of aromatic amines is 2. The third kappa shape index (κ3) is 5.42. The minimum Gasteiger partial charge on any atom is -0.453 e. The fourth-order valence-electron chi connectivity index (χ4n) is 7.71. The van der Waals surface area contributed by atoms with E-state index in [0.717, 1.165) is 54.8 Å². The Hall–Kier alpha value is -5.10. The Morgan fingerprint density at radius 3 is 2.38 bits per heavy atom. The number of likely N-dealkylation sites (tertiary alicyclic amines) is 1. The Morgan fingerprint density at radius 2 is 1.66 bits per heavy atom. The molecule has 1 aliphatic carbocycles. The molecule has 2 unspecified atom stereocenters. The third-order valence-corrected chi connectivity index (χ3v) is 10.4. The predicted molar refractivity (Wildman–Crippen MR) is 185 cm³/mol. The van der Waals surface area contributed by atoms with Crippen molar-refractivity contribution in [1.29, 1.82) is 0 Å². The number of hydrogen-bond acceptors (Lipinski definition) is 6. The SMILES string of the molecule is COC(=O)N[C@H](C(=O)N1CCCC1c1nc2ccc(-c3ccc4c(c3)C(F)(F)c3cc(-c5cnc(C6CCCN6)[nH]5)ccc3-4)cc2[nH]1)C(C)C. The van der Waals surface area contributed by atoms with Crippen LogP contribution in [0.2, 0.25) is 0 Å². The molecular formula is C38H39F2N7O3. The van der Waals surface area contributed by atoms with Crippen LogP contribution in [0.3, 0.4) is 0 Å². The van der Waals surface area contributed by atoms with Gasteiger partial charge in [0.1, 0.15) is 17.7 Å². The number of hydrogen-bond donors (Lipinski definition) is 4. The summed E-state index contributed by atoms with van der Waals surface area (Å²) in [6, 6.07) is 15.3. The van der Waals surface area contributed by atoms with Crippen molar-refractivity contribution in [2.45, 2.75) is 63.6 Å². The number of rotatable bonds is 7. The molecule has 2 aliphatic heterocycles. The number of fused-ring (bicyclic) bond motifs is 4. The van der Waals surface area contributed by atoms with Crippen LogP contribution in [-0.4, -0.2) is 63.1 Å². The van der Waals surface area contributed by atoms with E-state index in [1.165, 1.54) is 7.11 Å². The van der Waals surface area contributed by atoms with Crippen LogP contribution < -0.4 is 10.6 Å². The van der Waals surface area contributed by atoms with Crippen LogP contribution in [-0.2, 0) is 15.5 Å². The Bertz CT molecular complexity index is 2120. The highest BCUT2D eigenvalue weighted by Crippen LogP contribution is 2.52. The largest absolute Gasteiger partial charge is 0.453 e. The summed E-state index contributed by atoms with van der Waals surface area (Å²) in [5.74, 6) is -2.01. The van der Waals surface area contributed by atoms with E-state index in [1.54, 1.807) is 35.4 Å². The molecule has 0 saturated carbocycles. The summed E-state index contributed by atoms with van der Waals surface area (Å²) in [5.41, 5.74) is 5.33. The quantitative estimate of drug-likeness (QED) is 0.144. The standard InChI is InChI=1S/C38H39F2N7O3/c1-20(2)33(46-37(49)50-3)36(48)47-15-5-7-32(47)35-43-28-13-10-22(18-30(28)44-35)21-8-11-24-25-12-9-23(17-27(25)38(39,40)26(24)16-21)31-19-42-34(45-31)29-6-4-14-41-29/h8-13,16-20,29,32-33,41H,4-7,14-15H2,1-3H3,(H,42,45)(H,43,44)(H,46,49)/t29?,32?,33-/m0/s1. The van der Waals surface area contributed by atoms with E-state index in [4.69, 9.17) is 9.72 Å². The van der Waals surface area contributed by atoms with Gasteiger partial charge in [-0.05, 0) is 84.7 Å².